The smallest absolute Gasteiger partial charge is 0.339 e. The fourth-order valence-corrected chi connectivity index (χ4v) is 3.06. The number of ether oxygens (including phenoxy) is 1. The predicted molar refractivity (Wildman–Crippen MR) is 75.0 cm³/mol. The van der Waals surface area contributed by atoms with Crippen LogP contribution < -0.4 is 4.72 Å². The Bertz CT molecular complexity index is 702. The van der Waals surface area contributed by atoms with Gasteiger partial charge in [0.25, 0.3) is 0 Å². The lowest BCUT2D eigenvalue weighted by Gasteiger charge is -2.11. The van der Waals surface area contributed by atoms with Crippen molar-refractivity contribution in [2.75, 3.05) is 0 Å². The van der Waals surface area contributed by atoms with E-state index in [1.807, 2.05) is 0 Å². The van der Waals surface area contributed by atoms with Gasteiger partial charge in [-0.05, 0) is 44.4 Å². The normalized spacial score (nSPS) is 16.0. The highest BCUT2D eigenvalue weighted by atomic mass is 32.2. The summed E-state index contributed by atoms with van der Waals surface area (Å²) in [6.07, 6.45) is 0.779. The van der Waals surface area contributed by atoms with Gasteiger partial charge in [0.1, 0.15) is 6.07 Å². The maximum atomic E-state index is 12.1. The van der Waals surface area contributed by atoms with E-state index in [0.717, 1.165) is 12.8 Å². The average Bonchev–Trinajstić information content (AvgIpc) is 3.21. The van der Waals surface area contributed by atoms with Gasteiger partial charge in [-0.25, -0.2) is 17.9 Å². The van der Waals surface area contributed by atoms with Crippen LogP contribution in [0.3, 0.4) is 0 Å². The molecule has 1 aromatic rings. The van der Waals surface area contributed by atoms with Gasteiger partial charge in [-0.2, -0.15) is 5.26 Å². The van der Waals surface area contributed by atoms with Crippen molar-refractivity contribution < 1.29 is 17.9 Å². The van der Waals surface area contributed by atoms with Crippen LogP contribution in [0.25, 0.3) is 0 Å². The van der Waals surface area contributed by atoms with Gasteiger partial charge in [0.15, 0.2) is 6.10 Å². The number of sulfonamides is 1. The van der Waals surface area contributed by atoms with E-state index < -0.39 is 22.1 Å². The minimum Gasteiger partial charge on any atom is -0.444 e. The van der Waals surface area contributed by atoms with E-state index in [-0.39, 0.29) is 16.5 Å². The highest BCUT2D eigenvalue weighted by Gasteiger charge is 2.28. The molecule has 0 spiro atoms. The van der Waals surface area contributed by atoms with E-state index in [0.29, 0.717) is 5.56 Å². The van der Waals surface area contributed by atoms with E-state index in [9.17, 15) is 13.2 Å². The molecule has 1 saturated carbocycles. The third kappa shape index (κ3) is 3.80. The van der Waals surface area contributed by atoms with Crippen LogP contribution in [0.1, 0.15) is 35.7 Å². The number of aryl methyl sites for hydroxylation is 1. The van der Waals surface area contributed by atoms with Gasteiger partial charge in [0.05, 0.1) is 10.5 Å². The topological polar surface area (TPSA) is 96.3 Å². The lowest BCUT2D eigenvalue weighted by molar-refractivity contribution is 0.0434. The van der Waals surface area contributed by atoms with Crippen molar-refractivity contribution >= 4 is 16.0 Å². The first-order valence-electron chi connectivity index (χ1n) is 6.57. The molecule has 0 bridgehead atoms. The summed E-state index contributed by atoms with van der Waals surface area (Å²) in [6, 6.07) is 6.07. The van der Waals surface area contributed by atoms with Crippen molar-refractivity contribution in [1.82, 2.24) is 4.72 Å². The first-order valence-corrected chi connectivity index (χ1v) is 8.05. The van der Waals surface area contributed by atoms with Crippen molar-refractivity contribution in [1.29, 1.82) is 5.26 Å². The first-order chi connectivity index (χ1) is 9.83. The second-order valence-electron chi connectivity index (χ2n) is 5.05. The molecular weight excluding hydrogens is 292 g/mol. The van der Waals surface area contributed by atoms with Crippen molar-refractivity contribution in [2.45, 2.75) is 43.7 Å². The molecule has 1 unspecified atom stereocenters. The van der Waals surface area contributed by atoms with Gasteiger partial charge < -0.3 is 4.74 Å². The van der Waals surface area contributed by atoms with Gasteiger partial charge in [-0.15, -0.1) is 0 Å². The van der Waals surface area contributed by atoms with E-state index in [1.54, 1.807) is 19.1 Å². The molecule has 1 aliphatic carbocycles. The Morgan fingerprint density at radius 1 is 1.48 bits per heavy atom. The molecule has 112 valence electrons. The quantitative estimate of drug-likeness (QED) is 0.832. The zero-order valence-electron chi connectivity index (χ0n) is 11.8. The van der Waals surface area contributed by atoms with Crippen molar-refractivity contribution in [2.24, 2.45) is 0 Å². The Morgan fingerprint density at radius 3 is 2.71 bits per heavy atom. The fraction of sp³-hybridized carbons (Fsp3) is 0.429. The maximum absolute atomic E-state index is 12.1. The standard InChI is InChI=1S/C14H16N2O4S/c1-9-3-6-12(21(18,19)16-11-4-5-11)7-13(9)14(17)20-10(2)8-15/h3,6-7,10-11,16H,4-5H2,1-2H3. The number of hydrogen-bond acceptors (Lipinski definition) is 5. The van der Waals surface area contributed by atoms with Crippen molar-refractivity contribution in [3.63, 3.8) is 0 Å². The molecule has 0 radical (unpaired) electrons. The van der Waals surface area contributed by atoms with Crippen LogP contribution in [0.4, 0.5) is 0 Å². The molecule has 21 heavy (non-hydrogen) atoms. The van der Waals surface area contributed by atoms with Crippen LogP contribution in [-0.2, 0) is 14.8 Å². The molecule has 1 aliphatic rings. The number of esters is 1. The van der Waals surface area contributed by atoms with Crippen LogP contribution in [0.2, 0.25) is 0 Å². The number of nitrogens with one attached hydrogen (secondary N) is 1. The van der Waals surface area contributed by atoms with Crippen LogP contribution >= 0.6 is 0 Å². The Balaban J connectivity index is 2.28. The summed E-state index contributed by atoms with van der Waals surface area (Å²) >= 11 is 0. The molecule has 0 heterocycles. The summed E-state index contributed by atoms with van der Waals surface area (Å²) in [4.78, 5) is 12.0. The van der Waals surface area contributed by atoms with E-state index in [2.05, 4.69) is 4.72 Å². The van der Waals surface area contributed by atoms with Crippen LogP contribution in [0.15, 0.2) is 23.1 Å². The Hall–Kier alpha value is -1.91. The van der Waals surface area contributed by atoms with E-state index in [1.165, 1.54) is 19.1 Å². The lowest BCUT2D eigenvalue weighted by Crippen LogP contribution is -2.26. The van der Waals surface area contributed by atoms with Crippen molar-refractivity contribution in [3.8, 4) is 6.07 Å². The van der Waals surface area contributed by atoms with Crippen LogP contribution in [0, 0.1) is 18.3 Å². The summed E-state index contributed by atoms with van der Waals surface area (Å²) in [7, 11) is -3.63. The zero-order chi connectivity index (χ0) is 15.6. The molecule has 0 aliphatic heterocycles. The minimum absolute atomic E-state index is 0.00897. The minimum atomic E-state index is -3.63. The predicted octanol–water partition coefficient (Wildman–Crippen LogP) is 1.50. The fourth-order valence-electron chi connectivity index (χ4n) is 1.73. The molecule has 1 atom stereocenters. The Labute approximate surface area is 123 Å². The number of carbonyl (C=O) groups is 1. The van der Waals surface area contributed by atoms with Gasteiger partial charge >= 0.3 is 5.97 Å². The lowest BCUT2D eigenvalue weighted by atomic mass is 10.1. The number of benzene rings is 1. The Morgan fingerprint density at radius 2 is 2.14 bits per heavy atom. The second kappa shape index (κ2) is 5.84. The van der Waals surface area contributed by atoms with Gasteiger partial charge in [0.2, 0.25) is 10.0 Å². The molecule has 6 nitrogen and oxygen atoms in total. The first kappa shape index (κ1) is 15.5. The summed E-state index contributed by atoms with van der Waals surface area (Å²) in [5.74, 6) is -0.704. The molecule has 2 rings (SSSR count). The molecule has 0 amide bonds. The second-order valence-corrected chi connectivity index (χ2v) is 6.76. The molecule has 1 fully saturated rings. The van der Waals surface area contributed by atoms with Gasteiger partial charge in [0, 0.05) is 6.04 Å². The molecule has 7 heteroatoms. The molecule has 0 saturated heterocycles. The number of nitriles is 1. The highest BCUT2D eigenvalue weighted by molar-refractivity contribution is 7.89. The summed E-state index contributed by atoms with van der Waals surface area (Å²) in [6.45, 7) is 3.13. The van der Waals surface area contributed by atoms with E-state index in [4.69, 9.17) is 10.00 Å². The average molecular weight is 308 g/mol. The third-order valence-corrected chi connectivity index (χ3v) is 4.62. The largest absolute Gasteiger partial charge is 0.444 e. The highest BCUT2D eigenvalue weighted by Crippen LogP contribution is 2.23. The number of nitrogens with zero attached hydrogens (tertiary/aromatic N) is 1. The van der Waals surface area contributed by atoms with Gasteiger partial charge in [-0.3, -0.25) is 0 Å². The third-order valence-electron chi connectivity index (χ3n) is 3.10. The summed E-state index contributed by atoms with van der Waals surface area (Å²) < 4.78 is 31.7. The number of hydrogen-bond donors (Lipinski definition) is 1. The van der Waals surface area contributed by atoms with E-state index >= 15 is 0 Å². The summed E-state index contributed by atoms with van der Waals surface area (Å²) in [5.41, 5.74) is 0.742. The van der Waals surface area contributed by atoms with Crippen LogP contribution in [0.5, 0.6) is 0 Å². The summed E-state index contributed by atoms with van der Waals surface area (Å²) in [5, 5.41) is 8.66. The molecule has 0 aromatic heterocycles. The maximum Gasteiger partial charge on any atom is 0.339 e. The number of carbonyl (C=O) groups excluding carboxylic acids is 1. The molecule has 1 aromatic carbocycles. The zero-order valence-corrected chi connectivity index (χ0v) is 12.6. The SMILES string of the molecule is Cc1ccc(S(=O)(=O)NC2CC2)cc1C(=O)OC(C)C#N. The van der Waals surface area contributed by atoms with Crippen LogP contribution in [-0.4, -0.2) is 26.5 Å². The number of rotatable bonds is 5. The van der Waals surface area contributed by atoms with Gasteiger partial charge in [-0.1, -0.05) is 6.07 Å². The Kier molecular flexibility index (Phi) is 4.30. The molecular formula is C14H16N2O4S. The van der Waals surface area contributed by atoms with Crippen molar-refractivity contribution in [3.05, 3.63) is 29.3 Å². The molecule has 1 N–H and O–H groups in total. The monoisotopic (exact) mass is 308 g/mol.